The van der Waals surface area contributed by atoms with Crippen LogP contribution >= 0.6 is 0 Å². The van der Waals surface area contributed by atoms with Crippen LogP contribution in [0.3, 0.4) is 0 Å². The van der Waals surface area contributed by atoms with Crippen LogP contribution in [-0.2, 0) is 9.22 Å². The minimum Gasteiger partial charge on any atom is -0.520 e. The van der Waals surface area contributed by atoms with Gasteiger partial charge in [-0.05, 0) is 25.6 Å². The summed E-state index contributed by atoms with van der Waals surface area (Å²) >= 11 is 0. The lowest BCUT2D eigenvalue weighted by atomic mass is 10.4. The van der Waals surface area contributed by atoms with Crippen molar-refractivity contribution in [2.24, 2.45) is 0 Å². The molecule has 0 bridgehead atoms. The van der Waals surface area contributed by atoms with Crippen molar-refractivity contribution < 1.29 is 9.22 Å². The highest BCUT2D eigenvalue weighted by atomic mass is 28.4. The van der Waals surface area contributed by atoms with E-state index in [2.05, 4.69) is 13.8 Å². The van der Waals surface area contributed by atoms with Gasteiger partial charge in [-0.15, -0.1) is 0 Å². The fraction of sp³-hybridized carbons (Fsp3) is 0.750. The van der Waals surface area contributed by atoms with E-state index < -0.39 is 8.32 Å². The Morgan fingerprint density at radius 1 is 1.55 bits per heavy atom. The zero-order valence-electron chi connectivity index (χ0n) is 7.64. The summed E-state index contributed by atoms with van der Waals surface area (Å²) in [7, 11) is -1.65. The summed E-state index contributed by atoms with van der Waals surface area (Å²) in [5, 5.41) is 0. The molecular formula is C8H17O2Si. The van der Waals surface area contributed by atoms with Crippen molar-refractivity contribution in [1.29, 1.82) is 0 Å². The number of carbonyl (C=O) groups is 1. The lowest BCUT2D eigenvalue weighted by molar-refractivity contribution is -0.135. The van der Waals surface area contributed by atoms with E-state index in [4.69, 9.17) is 4.43 Å². The second-order valence-corrected chi connectivity index (χ2v) is 7.62. The lowest BCUT2D eigenvalue weighted by Gasteiger charge is -2.20. The van der Waals surface area contributed by atoms with Gasteiger partial charge in [-0.25, -0.2) is 0 Å². The Balaban J connectivity index is 3.74. The number of hydrogen-bond donors (Lipinski definition) is 0. The van der Waals surface area contributed by atoms with Crippen LogP contribution in [0.1, 0.15) is 19.8 Å². The highest BCUT2D eigenvalue weighted by Gasteiger charge is 2.23. The molecule has 3 heteroatoms. The molecule has 0 aliphatic carbocycles. The van der Waals surface area contributed by atoms with E-state index in [1.807, 2.05) is 13.1 Å². The Bertz CT molecular complexity index is 132. The van der Waals surface area contributed by atoms with Gasteiger partial charge in [0.1, 0.15) is 0 Å². The largest absolute Gasteiger partial charge is 0.520 e. The van der Waals surface area contributed by atoms with Crippen molar-refractivity contribution >= 4 is 14.3 Å². The molecule has 0 aromatic heterocycles. The molecule has 0 fully saturated rings. The maximum absolute atomic E-state index is 11.0. The first kappa shape index (κ1) is 10.7. The van der Waals surface area contributed by atoms with Crippen molar-refractivity contribution in [3.05, 3.63) is 6.92 Å². The Labute approximate surface area is 70.1 Å². The molecule has 0 N–H and O–H groups in total. The summed E-state index contributed by atoms with van der Waals surface area (Å²) in [6, 6.07) is 0.982. The van der Waals surface area contributed by atoms with Crippen LogP contribution < -0.4 is 0 Å². The summed E-state index contributed by atoms with van der Waals surface area (Å²) in [4.78, 5) is 11.0. The highest BCUT2D eigenvalue weighted by Crippen LogP contribution is 2.11. The van der Waals surface area contributed by atoms with E-state index in [0.717, 1.165) is 6.04 Å². The molecule has 11 heavy (non-hydrogen) atoms. The molecule has 0 aliphatic rings. The SMILES string of the molecule is [CH2]CCC(=O)O[Si](C)(C)CC. The molecule has 0 rings (SSSR count). The third kappa shape index (κ3) is 5.01. The summed E-state index contributed by atoms with van der Waals surface area (Å²) in [6.07, 6.45) is 1.09. The van der Waals surface area contributed by atoms with Gasteiger partial charge in [-0.3, -0.25) is 4.79 Å². The molecule has 0 aliphatic heterocycles. The van der Waals surface area contributed by atoms with Crippen LogP contribution in [0, 0.1) is 6.92 Å². The lowest BCUT2D eigenvalue weighted by Crippen LogP contribution is -2.32. The van der Waals surface area contributed by atoms with Crippen molar-refractivity contribution in [1.82, 2.24) is 0 Å². The molecule has 0 amide bonds. The first-order chi connectivity index (χ1) is 5.02. The van der Waals surface area contributed by atoms with E-state index in [0.29, 0.717) is 12.8 Å². The Kier molecular flexibility index (Phi) is 4.41. The van der Waals surface area contributed by atoms with Crippen LogP contribution in [0.4, 0.5) is 0 Å². The molecule has 0 unspecified atom stereocenters. The minimum atomic E-state index is -1.65. The Hall–Kier alpha value is -0.313. The molecule has 0 heterocycles. The van der Waals surface area contributed by atoms with E-state index in [1.54, 1.807) is 0 Å². The number of carbonyl (C=O) groups excluding carboxylic acids is 1. The van der Waals surface area contributed by atoms with Gasteiger partial charge in [-0.1, -0.05) is 13.8 Å². The molecule has 1 radical (unpaired) electrons. The standard InChI is InChI=1S/C8H17O2Si/c1-5-7-8(9)10-11(3,4)6-2/h1,5-7H2,2-4H3. The van der Waals surface area contributed by atoms with Crippen LogP contribution in [-0.4, -0.2) is 14.3 Å². The van der Waals surface area contributed by atoms with Crippen molar-refractivity contribution in [2.45, 2.75) is 38.9 Å². The van der Waals surface area contributed by atoms with Crippen LogP contribution in [0.2, 0.25) is 19.1 Å². The summed E-state index contributed by atoms with van der Waals surface area (Å²) in [5.74, 6) is -0.0847. The summed E-state index contributed by atoms with van der Waals surface area (Å²) in [5.41, 5.74) is 0. The van der Waals surface area contributed by atoms with Gasteiger partial charge in [0.2, 0.25) is 8.32 Å². The van der Waals surface area contributed by atoms with E-state index in [-0.39, 0.29) is 5.97 Å². The maximum atomic E-state index is 11.0. The second-order valence-electron chi connectivity index (χ2n) is 3.19. The molecule has 0 aromatic carbocycles. The third-order valence-electron chi connectivity index (χ3n) is 1.62. The Morgan fingerprint density at radius 2 is 2.09 bits per heavy atom. The number of hydrogen-bond acceptors (Lipinski definition) is 2. The fourth-order valence-corrected chi connectivity index (χ4v) is 1.44. The highest BCUT2D eigenvalue weighted by molar-refractivity contribution is 6.72. The summed E-state index contributed by atoms with van der Waals surface area (Å²) in [6.45, 7) is 9.75. The molecular weight excluding hydrogens is 156 g/mol. The number of rotatable bonds is 4. The van der Waals surface area contributed by atoms with Crippen LogP contribution in [0.25, 0.3) is 0 Å². The third-order valence-corrected chi connectivity index (χ3v) is 4.11. The average Bonchev–Trinajstić information content (AvgIpc) is 1.87. The molecule has 0 saturated carbocycles. The molecule has 0 saturated heterocycles. The monoisotopic (exact) mass is 173 g/mol. The van der Waals surface area contributed by atoms with E-state index in [9.17, 15) is 4.79 Å². The molecule has 2 nitrogen and oxygen atoms in total. The van der Waals surface area contributed by atoms with Crippen LogP contribution in [0.15, 0.2) is 0 Å². The molecule has 0 aromatic rings. The maximum Gasteiger partial charge on any atom is 0.292 e. The van der Waals surface area contributed by atoms with Crippen molar-refractivity contribution in [3.8, 4) is 0 Å². The normalized spacial score (nSPS) is 11.3. The zero-order valence-corrected chi connectivity index (χ0v) is 8.64. The topological polar surface area (TPSA) is 26.3 Å². The van der Waals surface area contributed by atoms with Crippen molar-refractivity contribution in [3.63, 3.8) is 0 Å². The van der Waals surface area contributed by atoms with Gasteiger partial charge in [0.15, 0.2) is 0 Å². The van der Waals surface area contributed by atoms with Gasteiger partial charge in [0.05, 0.1) is 0 Å². The second kappa shape index (κ2) is 4.54. The zero-order chi connectivity index (χ0) is 8.91. The van der Waals surface area contributed by atoms with Crippen molar-refractivity contribution in [2.75, 3.05) is 0 Å². The predicted molar refractivity (Wildman–Crippen MR) is 48.6 cm³/mol. The van der Waals surface area contributed by atoms with Crippen LogP contribution in [0.5, 0.6) is 0 Å². The van der Waals surface area contributed by atoms with Gasteiger partial charge in [-0.2, -0.15) is 0 Å². The fourth-order valence-electron chi connectivity index (χ4n) is 0.576. The van der Waals surface area contributed by atoms with E-state index >= 15 is 0 Å². The minimum absolute atomic E-state index is 0.0847. The predicted octanol–water partition coefficient (Wildman–Crippen LogP) is 2.37. The molecule has 0 atom stereocenters. The summed E-state index contributed by atoms with van der Waals surface area (Å²) < 4.78 is 5.29. The Morgan fingerprint density at radius 3 is 2.45 bits per heavy atom. The first-order valence-corrected chi connectivity index (χ1v) is 7.14. The quantitative estimate of drug-likeness (QED) is 0.610. The first-order valence-electron chi connectivity index (χ1n) is 4.03. The van der Waals surface area contributed by atoms with Gasteiger partial charge in [0.25, 0.3) is 5.97 Å². The molecule has 65 valence electrons. The smallest absolute Gasteiger partial charge is 0.292 e. The molecule has 0 spiro atoms. The van der Waals surface area contributed by atoms with E-state index in [1.165, 1.54) is 0 Å². The average molecular weight is 173 g/mol. The van der Waals surface area contributed by atoms with Gasteiger partial charge >= 0.3 is 0 Å². The van der Waals surface area contributed by atoms with Gasteiger partial charge in [0, 0.05) is 6.42 Å². The van der Waals surface area contributed by atoms with Gasteiger partial charge < -0.3 is 4.43 Å².